The maximum absolute atomic E-state index is 10.8. The van der Waals surface area contributed by atoms with Crippen molar-refractivity contribution in [1.29, 1.82) is 0 Å². The fourth-order valence-corrected chi connectivity index (χ4v) is 3.16. The van der Waals surface area contributed by atoms with Gasteiger partial charge in [0.05, 0.1) is 19.2 Å². The summed E-state index contributed by atoms with van der Waals surface area (Å²) in [5, 5.41) is 8.89. The van der Waals surface area contributed by atoms with E-state index in [1.165, 1.54) is 0 Å². The third-order valence-corrected chi connectivity index (χ3v) is 4.80. The minimum atomic E-state index is -0.870. The molecule has 3 rings (SSSR count). The molecule has 0 bridgehead atoms. The van der Waals surface area contributed by atoms with Crippen LogP contribution in [-0.4, -0.2) is 31.4 Å². The van der Waals surface area contributed by atoms with Gasteiger partial charge in [-0.05, 0) is 53.4 Å². The summed E-state index contributed by atoms with van der Waals surface area (Å²) in [6.07, 6.45) is 1.91. The zero-order valence-corrected chi connectivity index (χ0v) is 18.2. The molecule has 0 aliphatic heterocycles. The Bertz CT molecular complexity index is 1040. The Morgan fingerprint density at radius 2 is 1.62 bits per heavy atom. The topological polar surface area (TPSA) is 77.0 Å². The van der Waals surface area contributed by atoms with Crippen LogP contribution >= 0.6 is 0 Å². The number of ether oxygens (including phenoxy) is 2. The number of benzene rings is 3. The fourth-order valence-electron chi connectivity index (χ4n) is 3.16. The first-order valence-electron chi connectivity index (χ1n) is 10.3. The number of carboxylic acids is 1. The molecule has 32 heavy (non-hydrogen) atoms. The van der Waals surface area contributed by atoms with Gasteiger partial charge in [-0.15, -0.1) is 0 Å². The number of carboxylic acid groups (broad SMARTS) is 1. The number of allylic oxidation sites excluding steroid dienone is 1. The van der Waals surface area contributed by atoms with Crippen molar-refractivity contribution in [3.05, 3.63) is 90.0 Å². The molecule has 0 unspecified atom stereocenters. The lowest BCUT2D eigenvalue weighted by Crippen LogP contribution is -2.17. The van der Waals surface area contributed by atoms with Gasteiger partial charge in [-0.3, -0.25) is 15.1 Å². The summed E-state index contributed by atoms with van der Waals surface area (Å²) in [7, 11) is 1.66. The molecule has 0 fully saturated rings. The second-order valence-electron chi connectivity index (χ2n) is 7.03. The minimum Gasteiger partial charge on any atom is -0.497 e. The Balaban J connectivity index is 1.48. The number of methoxy groups -OCH3 is 1. The molecule has 2 N–H and O–H groups in total. The molecule has 0 saturated heterocycles. The van der Waals surface area contributed by atoms with Crippen LogP contribution in [0.1, 0.15) is 18.1 Å². The van der Waals surface area contributed by atoms with Gasteiger partial charge in [0.2, 0.25) is 0 Å². The van der Waals surface area contributed by atoms with Gasteiger partial charge in [0.25, 0.3) is 0 Å². The molecule has 6 nitrogen and oxygen atoms in total. The average molecular weight is 434 g/mol. The molecule has 0 spiro atoms. The SMILES string of the molecule is CC=C(NOCCOc1cccc(CC(=O)O)c1)c1ccc(-c2ccc(OC)cc2)cc1. The Hall–Kier alpha value is -3.77. The van der Waals surface area contributed by atoms with Gasteiger partial charge in [-0.1, -0.05) is 54.6 Å². The lowest BCUT2D eigenvalue weighted by molar-refractivity contribution is -0.136. The van der Waals surface area contributed by atoms with Crippen LogP contribution in [0.5, 0.6) is 11.5 Å². The molecule has 166 valence electrons. The van der Waals surface area contributed by atoms with E-state index in [-0.39, 0.29) is 6.42 Å². The van der Waals surface area contributed by atoms with Crippen LogP contribution in [0.2, 0.25) is 0 Å². The Labute approximate surface area is 188 Å². The monoisotopic (exact) mass is 433 g/mol. The Morgan fingerprint density at radius 3 is 2.25 bits per heavy atom. The molecular formula is C26H27NO5. The molecule has 0 amide bonds. The van der Waals surface area contributed by atoms with Gasteiger partial charge in [-0.2, -0.15) is 0 Å². The van der Waals surface area contributed by atoms with Crippen molar-refractivity contribution in [2.75, 3.05) is 20.3 Å². The number of carbonyl (C=O) groups is 1. The fraction of sp³-hybridized carbons (Fsp3) is 0.192. The van der Waals surface area contributed by atoms with Crippen molar-refractivity contribution < 1.29 is 24.2 Å². The molecule has 0 aromatic heterocycles. The first kappa shape index (κ1) is 22.9. The van der Waals surface area contributed by atoms with Gasteiger partial charge in [0.1, 0.15) is 24.7 Å². The summed E-state index contributed by atoms with van der Waals surface area (Å²) in [6, 6.07) is 23.2. The van der Waals surface area contributed by atoms with Crippen molar-refractivity contribution in [3.8, 4) is 22.6 Å². The molecule has 3 aromatic carbocycles. The molecule has 0 atom stereocenters. The summed E-state index contributed by atoms with van der Waals surface area (Å²) in [5.41, 5.74) is 7.77. The van der Waals surface area contributed by atoms with E-state index in [9.17, 15) is 4.79 Å². The largest absolute Gasteiger partial charge is 0.497 e. The van der Waals surface area contributed by atoms with Gasteiger partial charge >= 0.3 is 5.97 Å². The highest BCUT2D eigenvalue weighted by Gasteiger charge is 2.04. The van der Waals surface area contributed by atoms with Crippen LogP contribution in [0, 0.1) is 0 Å². The number of aliphatic carboxylic acids is 1. The molecule has 0 radical (unpaired) electrons. The van der Waals surface area contributed by atoms with E-state index in [4.69, 9.17) is 19.4 Å². The quantitative estimate of drug-likeness (QED) is 0.329. The van der Waals surface area contributed by atoms with Gasteiger partial charge in [-0.25, -0.2) is 0 Å². The van der Waals surface area contributed by atoms with Gasteiger partial charge in [0, 0.05) is 0 Å². The lowest BCUT2D eigenvalue weighted by Gasteiger charge is -2.13. The molecule has 0 aliphatic rings. The summed E-state index contributed by atoms with van der Waals surface area (Å²) in [5.74, 6) is 0.582. The first-order chi connectivity index (χ1) is 15.6. The van der Waals surface area contributed by atoms with Crippen molar-refractivity contribution in [2.45, 2.75) is 13.3 Å². The number of nitrogens with one attached hydrogen (secondary N) is 1. The minimum absolute atomic E-state index is 0.0306. The second-order valence-corrected chi connectivity index (χ2v) is 7.03. The average Bonchev–Trinajstić information content (AvgIpc) is 2.81. The third-order valence-electron chi connectivity index (χ3n) is 4.80. The Kier molecular flexibility index (Phi) is 8.29. The predicted molar refractivity (Wildman–Crippen MR) is 124 cm³/mol. The number of hydrogen-bond acceptors (Lipinski definition) is 5. The number of hydroxylamine groups is 1. The molecule has 0 heterocycles. The smallest absolute Gasteiger partial charge is 0.307 e. The van der Waals surface area contributed by atoms with E-state index in [2.05, 4.69) is 17.6 Å². The molecular weight excluding hydrogens is 406 g/mol. The maximum atomic E-state index is 10.8. The van der Waals surface area contributed by atoms with Crippen LogP contribution in [0.3, 0.4) is 0 Å². The summed E-state index contributed by atoms with van der Waals surface area (Å²) in [6.45, 7) is 2.59. The van der Waals surface area contributed by atoms with E-state index >= 15 is 0 Å². The third kappa shape index (κ3) is 6.62. The number of hydrogen-bond donors (Lipinski definition) is 2. The van der Waals surface area contributed by atoms with E-state index in [1.807, 2.05) is 49.4 Å². The van der Waals surface area contributed by atoms with Crippen molar-refractivity contribution in [2.24, 2.45) is 0 Å². The normalized spacial score (nSPS) is 11.1. The highest BCUT2D eigenvalue weighted by atomic mass is 16.7. The van der Waals surface area contributed by atoms with Crippen molar-refractivity contribution in [1.82, 2.24) is 5.48 Å². The summed E-state index contributed by atoms with van der Waals surface area (Å²) in [4.78, 5) is 16.4. The van der Waals surface area contributed by atoms with Gasteiger partial charge in [0.15, 0.2) is 0 Å². The van der Waals surface area contributed by atoms with Crippen molar-refractivity contribution >= 4 is 11.7 Å². The molecule has 0 saturated carbocycles. The Morgan fingerprint density at radius 1 is 0.938 bits per heavy atom. The van der Waals surface area contributed by atoms with E-state index in [0.29, 0.717) is 24.5 Å². The summed E-state index contributed by atoms with van der Waals surface area (Å²) >= 11 is 0. The second kappa shape index (κ2) is 11.6. The van der Waals surface area contributed by atoms with Crippen LogP contribution in [-0.2, 0) is 16.1 Å². The first-order valence-corrected chi connectivity index (χ1v) is 10.3. The van der Waals surface area contributed by atoms with Crippen LogP contribution in [0.15, 0.2) is 78.9 Å². The maximum Gasteiger partial charge on any atom is 0.307 e. The summed E-state index contributed by atoms with van der Waals surface area (Å²) < 4.78 is 10.9. The zero-order chi connectivity index (χ0) is 22.8. The van der Waals surface area contributed by atoms with Crippen molar-refractivity contribution in [3.63, 3.8) is 0 Å². The highest BCUT2D eigenvalue weighted by Crippen LogP contribution is 2.24. The molecule has 6 heteroatoms. The number of rotatable bonds is 11. The highest BCUT2D eigenvalue weighted by molar-refractivity contribution is 5.70. The zero-order valence-electron chi connectivity index (χ0n) is 18.2. The van der Waals surface area contributed by atoms with E-state index in [0.717, 1.165) is 28.1 Å². The standard InChI is InChI=1S/C26H27NO5/c1-3-25(22-9-7-20(8-10-22)21-11-13-23(30-2)14-12-21)27-32-16-15-31-24-6-4-5-19(17-24)18-26(28)29/h3-14,17,27H,15-16,18H2,1-2H3,(H,28,29). The van der Waals surface area contributed by atoms with Gasteiger partial charge < -0.3 is 14.6 Å². The predicted octanol–water partition coefficient (Wildman–Crippen LogP) is 4.95. The van der Waals surface area contributed by atoms with Crippen LogP contribution in [0.4, 0.5) is 0 Å². The molecule has 3 aromatic rings. The lowest BCUT2D eigenvalue weighted by atomic mass is 10.0. The molecule has 0 aliphatic carbocycles. The van der Waals surface area contributed by atoms with Crippen LogP contribution in [0.25, 0.3) is 16.8 Å². The van der Waals surface area contributed by atoms with E-state index < -0.39 is 5.97 Å². The van der Waals surface area contributed by atoms with Crippen LogP contribution < -0.4 is 15.0 Å². The van der Waals surface area contributed by atoms with E-state index in [1.54, 1.807) is 31.4 Å².